The summed E-state index contributed by atoms with van der Waals surface area (Å²) in [6.45, 7) is 11.3. The molecule has 1 unspecified atom stereocenters. The van der Waals surface area contributed by atoms with Crippen molar-refractivity contribution in [1.29, 1.82) is 0 Å². The summed E-state index contributed by atoms with van der Waals surface area (Å²) in [7, 11) is 0. The van der Waals surface area contributed by atoms with Crippen molar-refractivity contribution in [3.8, 4) is 0 Å². The molecule has 0 radical (unpaired) electrons. The second-order valence-corrected chi connectivity index (χ2v) is 7.25. The molecular weight excluding hydrogens is 226 g/mol. The third kappa shape index (κ3) is 2.86. The molecule has 1 aliphatic heterocycles. The van der Waals surface area contributed by atoms with Gasteiger partial charge in [-0.2, -0.15) is 0 Å². The van der Waals surface area contributed by atoms with E-state index in [1.165, 1.54) is 21.8 Å². The van der Waals surface area contributed by atoms with Gasteiger partial charge in [-0.05, 0) is 22.6 Å². The predicted molar refractivity (Wildman–Crippen MR) is 76.9 cm³/mol. The average Bonchev–Trinajstić information content (AvgIpc) is 2.59. The van der Waals surface area contributed by atoms with Crippen molar-refractivity contribution in [1.82, 2.24) is 5.32 Å². The molecule has 1 N–H and O–H groups in total. The van der Waals surface area contributed by atoms with Gasteiger partial charge in [-0.3, -0.25) is 0 Å². The Balaban J connectivity index is 2.31. The molecule has 94 valence electrons. The van der Waals surface area contributed by atoms with Crippen LogP contribution in [0.1, 0.15) is 51.8 Å². The molecule has 0 spiro atoms. The molecule has 0 fully saturated rings. The molecule has 1 nitrogen and oxygen atoms in total. The van der Waals surface area contributed by atoms with E-state index in [1.54, 1.807) is 0 Å². The van der Waals surface area contributed by atoms with Crippen LogP contribution in [-0.2, 0) is 5.41 Å². The highest BCUT2D eigenvalue weighted by Crippen LogP contribution is 2.40. The van der Waals surface area contributed by atoms with Crippen molar-refractivity contribution in [2.45, 2.75) is 57.0 Å². The second-order valence-electron chi connectivity index (χ2n) is 6.19. The molecule has 1 heterocycles. The van der Waals surface area contributed by atoms with E-state index in [0.29, 0.717) is 12.1 Å². The van der Waals surface area contributed by atoms with E-state index in [4.69, 9.17) is 0 Å². The highest BCUT2D eigenvalue weighted by atomic mass is 32.2. The molecule has 17 heavy (non-hydrogen) atoms. The summed E-state index contributed by atoms with van der Waals surface area (Å²) in [5.74, 6) is 1.17. The predicted octanol–water partition coefficient (Wildman–Crippen LogP) is 4.13. The van der Waals surface area contributed by atoms with Crippen molar-refractivity contribution < 1.29 is 0 Å². The topological polar surface area (TPSA) is 12.0 Å². The number of benzene rings is 1. The molecule has 0 aromatic heterocycles. The Bertz CT molecular complexity index is 404. The van der Waals surface area contributed by atoms with Gasteiger partial charge in [0, 0.05) is 22.7 Å². The van der Waals surface area contributed by atoms with E-state index in [0.717, 1.165) is 0 Å². The highest BCUT2D eigenvalue weighted by Gasteiger charge is 2.25. The van der Waals surface area contributed by atoms with Gasteiger partial charge >= 0.3 is 0 Å². The van der Waals surface area contributed by atoms with Crippen LogP contribution in [-0.4, -0.2) is 11.8 Å². The van der Waals surface area contributed by atoms with Crippen molar-refractivity contribution in [2.75, 3.05) is 5.75 Å². The average molecular weight is 249 g/mol. The smallest absolute Gasteiger partial charge is 0.0428 e. The minimum atomic E-state index is 0.241. The van der Waals surface area contributed by atoms with Crippen molar-refractivity contribution in [3.63, 3.8) is 0 Å². The summed E-state index contributed by atoms with van der Waals surface area (Å²) in [6, 6.07) is 8.05. The fourth-order valence-electron chi connectivity index (χ4n) is 2.22. The first-order chi connectivity index (χ1) is 7.88. The maximum absolute atomic E-state index is 3.66. The molecule has 1 aliphatic rings. The van der Waals surface area contributed by atoms with Crippen molar-refractivity contribution in [3.05, 3.63) is 29.3 Å². The van der Waals surface area contributed by atoms with Gasteiger partial charge in [-0.1, -0.05) is 46.8 Å². The number of hydrogen-bond acceptors (Lipinski definition) is 2. The molecule has 1 atom stereocenters. The lowest BCUT2D eigenvalue weighted by molar-refractivity contribution is 0.510. The Hall–Kier alpha value is -0.470. The SMILES string of the molecule is CC(C)NC1CSc2ccc(C(C)(C)C)cc21. The molecule has 0 saturated carbocycles. The number of fused-ring (bicyclic) bond motifs is 1. The monoisotopic (exact) mass is 249 g/mol. The molecule has 2 heteroatoms. The van der Waals surface area contributed by atoms with E-state index in [9.17, 15) is 0 Å². The van der Waals surface area contributed by atoms with Gasteiger partial charge in [0.1, 0.15) is 0 Å². The lowest BCUT2D eigenvalue weighted by atomic mass is 9.85. The third-order valence-electron chi connectivity index (χ3n) is 3.19. The fraction of sp³-hybridized carbons (Fsp3) is 0.600. The summed E-state index contributed by atoms with van der Waals surface area (Å²) in [5, 5.41) is 3.66. The van der Waals surface area contributed by atoms with Gasteiger partial charge in [-0.25, -0.2) is 0 Å². The van der Waals surface area contributed by atoms with Gasteiger partial charge in [0.05, 0.1) is 0 Å². The van der Waals surface area contributed by atoms with Gasteiger partial charge in [-0.15, -0.1) is 11.8 Å². The largest absolute Gasteiger partial charge is 0.307 e. The number of thioether (sulfide) groups is 1. The van der Waals surface area contributed by atoms with Crippen LogP contribution in [0.4, 0.5) is 0 Å². The normalized spacial score (nSPS) is 19.8. The zero-order valence-corrected chi connectivity index (χ0v) is 12.3. The quantitative estimate of drug-likeness (QED) is 0.846. The van der Waals surface area contributed by atoms with Gasteiger partial charge in [0.2, 0.25) is 0 Å². The van der Waals surface area contributed by atoms with Crippen LogP contribution >= 0.6 is 11.8 Å². The van der Waals surface area contributed by atoms with Crippen molar-refractivity contribution in [2.24, 2.45) is 0 Å². The standard InChI is InChI=1S/C15H23NS/c1-10(2)16-13-9-17-14-7-6-11(8-12(13)14)15(3,4)5/h6-8,10,13,16H,9H2,1-5H3. The highest BCUT2D eigenvalue weighted by molar-refractivity contribution is 7.99. The Morgan fingerprint density at radius 2 is 2.00 bits per heavy atom. The van der Waals surface area contributed by atoms with Crippen LogP contribution in [0.3, 0.4) is 0 Å². The Labute approximate surface area is 109 Å². The van der Waals surface area contributed by atoms with E-state index >= 15 is 0 Å². The van der Waals surface area contributed by atoms with Gasteiger partial charge in [0.25, 0.3) is 0 Å². The maximum atomic E-state index is 3.66. The Kier molecular flexibility index (Phi) is 3.55. The van der Waals surface area contributed by atoms with E-state index in [1.807, 2.05) is 11.8 Å². The van der Waals surface area contributed by atoms with Crippen LogP contribution in [0.25, 0.3) is 0 Å². The first kappa shape index (κ1) is 13.0. The lowest BCUT2D eigenvalue weighted by Gasteiger charge is -2.22. The Morgan fingerprint density at radius 3 is 2.59 bits per heavy atom. The first-order valence-corrected chi connectivity index (χ1v) is 7.40. The third-order valence-corrected chi connectivity index (χ3v) is 4.37. The molecule has 0 aliphatic carbocycles. The zero-order chi connectivity index (χ0) is 12.6. The second kappa shape index (κ2) is 4.66. The number of rotatable bonds is 2. The van der Waals surface area contributed by atoms with Crippen LogP contribution < -0.4 is 5.32 Å². The first-order valence-electron chi connectivity index (χ1n) is 6.41. The zero-order valence-electron chi connectivity index (χ0n) is 11.5. The summed E-state index contributed by atoms with van der Waals surface area (Å²) in [6.07, 6.45) is 0. The van der Waals surface area contributed by atoms with Crippen LogP contribution in [0.5, 0.6) is 0 Å². The van der Waals surface area contributed by atoms with Crippen LogP contribution in [0.2, 0.25) is 0 Å². The molecule has 0 bridgehead atoms. The molecule has 2 rings (SSSR count). The lowest BCUT2D eigenvalue weighted by Crippen LogP contribution is -2.28. The number of hydrogen-bond donors (Lipinski definition) is 1. The number of nitrogens with one attached hydrogen (secondary N) is 1. The van der Waals surface area contributed by atoms with Gasteiger partial charge < -0.3 is 5.32 Å². The summed E-state index contributed by atoms with van der Waals surface area (Å²) < 4.78 is 0. The molecule has 1 aromatic rings. The van der Waals surface area contributed by atoms with Gasteiger partial charge in [0.15, 0.2) is 0 Å². The molecule has 0 saturated heterocycles. The van der Waals surface area contributed by atoms with E-state index < -0.39 is 0 Å². The molecule has 1 aromatic carbocycles. The van der Waals surface area contributed by atoms with E-state index in [-0.39, 0.29) is 5.41 Å². The Morgan fingerprint density at radius 1 is 1.29 bits per heavy atom. The fourth-order valence-corrected chi connectivity index (χ4v) is 3.38. The molecular formula is C15H23NS. The maximum Gasteiger partial charge on any atom is 0.0428 e. The van der Waals surface area contributed by atoms with E-state index in [2.05, 4.69) is 58.1 Å². The van der Waals surface area contributed by atoms with Crippen LogP contribution in [0.15, 0.2) is 23.1 Å². The summed E-state index contributed by atoms with van der Waals surface area (Å²) >= 11 is 1.97. The minimum Gasteiger partial charge on any atom is -0.307 e. The minimum absolute atomic E-state index is 0.241. The summed E-state index contributed by atoms with van der Waals surface area (Å²) in [5.41, 5.74) is 3.18. The molecule has 0 amide bonds. The van der Waals surface area contributed by atoms with Crippen molar-refractivity contribution >= 4 is 11.8 Å². The van der Waals surface area contributed by atoms with Crippen LogP contribution in [0, 0.1) is 0 Å². The summed E-state index contributed by atoms with van der Waals surface area (Å²) in [4.78, 5) is 1.45.